The Balaban J connectivity index is 2.37. The highest BCUT2D eigenvalue weighted by atomic mass is 16.5. The number of benzene rings is 1. The number of ether oxygens (including phenoxy) is 1. The summed E-state index contributed by atoms with van der Waals surface area (Å²) < 4.78 is 5.18. The zero-order chi connectivity index (χ0) is 13.5. The molecule has 0 saturated heterocycles. The average molecular weight is 251 g/mol. The Morgan fingerprint density at radius 3 is 2.67 bits per heavy atom. The number of hydrogen-bond acceptors (Lipinski definition) is 4. The van der Waals surface area contributed by atoms with Gasteiger partial charge in [0.25, 0.3) is 0 Å². The number of anilines is 2. The molecular formula is C14H25N3O. The molecule has 0 heterocycles. The standard InChI is InChI=1S/C14H25N3O/c1-11(2)17(3)7-5-6-16-13-8-12(15)9-14(10-13)18-4/h8-11,16H,5-7,15H2,1-4H3. The van der Waals surface area contributed by atoms with Crippen LogP contribution in [0.1, 0.15) is 20.3 Å². The Labute approximate surface area is 110 Å². The van der Waals surface area contributed by atoms with Crippen LogP contribution in [0.2, 0.25) is 0 Å². The topological polar surface area (TPSA) is 50.5 Å². The minimum atomic E-state index is 0.595. The van der Waals surface area contributed by atoms with Gasteiger partial charge in [0.05, 0.1) is 7.11 Å². The maximum Gasteiger partial charge on any atom is 0.122 e. The van der Waals surface area contributed by atoms with Crippen LogP contribution in [0.15, 0.2) is 18.2 Å². The molecule has 0 fully saturated rings. The van der Waals surface area contributed by atoms with Crippen LogP contribution in [0.25, 0.3) is 0 Å². The summed E-state index contributed by atoms with van der Waals surface area (Å²) in [6.07, 6.45) is 1.10. The molecule has 1 aromatic rings. The largest absolute Gasteiger partial charge is 0.497 e. The van der Waals surface area contributed by atoms with Crippen LogP contribution in [0.3, 0.4) is 0 Å². The number of nitrogens with two attached hydrogens (primary N) is 1. The summed E-state index contributed by atoms with van der Waals surface area (Å²) in [6, 6.07) is 6.30. The Kier molecular flexibility index (Phi) is 5.78. The molecule has 0 unspecified atom stereocenters. The molecule has 0 aromatic heterocycles. The fraction of sp³-hybridized carbons (Fsp3) is 0.571. The van der Waals surface area contributed by atoms with Crippen molar-refractivity contribution in [2.75, 3.05) is 38.3 Å². The van der Waals surface area contributed by atoms with Crippen molar-refractivity contribution in [3.63, 3.8) is 0 Å². The highest BCUT2D eigenvalue weighted by Gasteiger charge is 2.02. The van der Waals surface area contributed by atoms with Crippen LogP contribution in [-0.2, 0) is 0 Å². The van der Waals surface area contributed by atoms with Gasteiger partial charge >= 0.3 is 0 Å². The van der Waals surface area contributed by atoms with Gasteiger partial charge in [0, 0.05) is 36.1 Å². The van der Waals surface area contributed by atoms with Gasteiger partial charge in [-0.05, 0) is 39.9 Å². The van der Waals surface area contributed by atoms with Crippen LogP contribution in [0.5, 0.6) is 5.75 Å². The van der Waals surface area contributed by atoms with E-state index in [0.29, 0.717) is 6.04 Å². The molecule has 1 aromatic carbocycles. The van der Waals surface area contributed by atoms with Crippen LogP contribution in [0.4, 0.5) is 11.4 Å². The zero-order valence-electron chi connectivity index (χ0n) is 11.9. The fourth-order valence-electron chi connectivity index (χ4n) is 1.66. The van der Waals surface area contributed by atoms with Crippen LogP contribution >= 0.6 is 0 Å². The Morgan fingerprint density at radius 2 is 2.06 bits per heavy atom. The van der Waals surface area contributed by atoms with Gasteiger partial charge in [0.2, 0.25) is 0 Å². The van der Waals surface area contributed by atoms with Crippen molar-refractivity contribution < 1.29 is 4.74 Å². The summed E-state index contributed by atoms with van der Waals surface area (Å²) in [5.74, 6) is 0.789. The van der Waals surface area contributed by atoms with Gasteiger partial charge in [-0.2, -0.15) is 0 Å². The molecule has 3 N–H and O–H groups in total. The smallest absolute Gasteiger partial charge is 0.122 e. The first kappa shape index (κ1) is 14.6. The summed E-state index contributed by atoms with van der Waals surface area (Å²) in [7, 11) is 3.80. The average Bonchev–Trinajstić information content (AvgIpc) is 2.33. The van der Waals surface area contributed by atoms with Crippen LogP contribution in [0, 0.1) is 0 Å². The maximum atomic E-state index is 5.80. The second kappa shape index (κ2) is 7.11. The lowest BCUT2D eigenvalue weighted by molar-refractivity contribution is 0.273. The number of rotatable bonds is 7. The molecular weight excluding hydrogens is 226 g/mol. The van der Waals surface area contributed by atoms with Crippen molar-refractivity contribution in [3.8, 4) is 5.75 Å². The van der Waals surface area contributed by atoms with Gasteiger partial charge in [-0.25, -0.2) is 0 Å². The van der Waals surface area contributed by atoms with Gasteiger partial charge in [0.15, 0.2) is 0 Å². The first-order valence-corrected chi connectivity index (χ1v) is 6.41. The lowest BCUT2D eigenvalue weighted by Crippen LogP contribution is -2.28. The van der Waals surface area contributed by atoms with Crippen molar-refractivity contribution in [1.29, 1.82) is 0 Å². The molecule has 1 rings (SSSR count). The molecule has 4 heteroatoms. The summed E-state index contributed by atoms with van der Waals surface area (Å²) >= 11 is 0. The molecule has 0 amide bonds. The number of hydrogen-bond donors (Lipinski definition) is 2. The minimum Gasteiger partial charge on any atom is -0.497 e. The van der Waals surface area contributed by atoms with Gasteiger partial charge in [-0.1, -0.05) is 0 Å². The van der Waals surface area contributed by atoms with Crippen molar-refractivity contribution in [3.05, 3.63) is 18.2 Å². The van der Waals surface area contributed by atoms with E-state index >= 15 is 0 Å². The number of nitrogens with zero attached hydrogens (tertiary/aromatic N) is 1. The molecule has 0 aliphatic carbocycles. The second-order valence-electron chi connectivity index (χ2n) is 4.85. The van der Waals surface area contributed by atoms with Crippen molar-refractivity contribution in [2.45, 2.75) is 26.3 Å². The molecule has 0 bridgehead atoms. The molecule has 102 valence electrons. The van der Waals surface area contributed by atoms with E-state index in [0.717, 1.165) is 36.6 Å². The lowest BCUT2D eigenvalue weighted by atomic mass is 10.2. The van der Waals surface area contributed by atoms with E-state index in [1.807, 2.05) is 18.2 Å². The third kappa shape index (κ3) is 4.84. The first-order valence-electron chi connectivity index (χ1n) is 6.41. The van der Waals surface area contributed by atoms with Gasteiger partial charge in [-0.15, -0.1) is 0 Å². The van der Waals surface area contributed by atoms with Crippen molar-refractivity contribution >= 4 is 11.4 Å². The number of nitrogen functional groups attached to an aromatic ring is 1. The third-order valence-electron chi connectivity index (χ3n) is 3.06. The first-order chi connectivity index (χ1) is 8.52. The monoisotopic (exact) mass is 251 g/mol. The third-order valence-corrected chi connectivity index (χ3v) is 3.06. The molecule has 0 spiro atoms. The van der Waals surface area contributed by atoms with Crippen molar-refractivity contribution in [1.82, 2.24) is 4.90 Å². The molecule has 0 aliphatic rings. The van der Waals surface area contributed by atoms with Crippen LogP contribution < -0.4 is 15.8 Å². The Morgan fingerprint density at radius 1 is 1.33 bits per heavy atom. The van der Waals surface area contributed by atoms with E-state index in [4.69, 9.17) is 10.5 Å². The quantitative estimate of drug-likeness (QED) is 0.577. The Bertz CT molecular complexity index is 366. The molecule has 0 radical (unpaired) electrons. The van der Waals surface area contributed by atoms with E-state index in [-0.39, 0.29) is 0 Å². The maximum absolute atomic E-state index is 5.80. The van der Waals surface area contributed by atoms with Crippen LogP contribution in [-0.4, -0.2) is 38.2 Å². The van der Waals surface area contributed by atoms with E-state index in [1.54, 1.807) is 7.11 Å². The molecule has 0 aliphatic heterocycles. The predicted molar refractivity (Wildman–Crippen MR) is 78.3 cm³/mol. The molecule has 0 saturated carbocycles. The SMILES string of the molecule is COc1cc(N)cc(NCCCN(C)C(C)C)c1. The fourth-order valence-corrected chi connectivity index (χ4v) is 1.66. The molecule has 4 nitrogen and oxygen atoms in total. The van der Waals surface area contributed by atoms with E-state index < -0.39 is 0 Å². The summed E-state index contributed by atoms with van der Waals surface area (Å²) in [4.78, 5) is 2.33. The highest BCUT2D eigenvalue weighted by molar-refractivity contribution is 5.59. The van der Waals surface area contributed by atoms with Gasteiger partial charge < -0.3 is 20.7 Å². The lowest BCUT2D eigenvalue weighted by Gasteiger charge is -2.20. The predicted octanol–water partition coefficient (Wildman–Crippen LogP) is 2.42. The normalized spacial score (nSPS) is 11.0. The van der Waals surface area contributed by atoms with Gasteiger partial charge in [-0.3, -0.25) is 0 Å². The minimum absolute atomic E-state index is 0.595. The van der Waals surface area contributed by atoms with E-state index in [1.165, 1.54) is 0 Å². The molecule has 0 atom stereocenters. The zero-order valence-corrected chi connectivity index (χ0v) is 11.9. The number of nitrogens with one attached hydrogen (secondary N) is 1. The summed E-state index contributed by atoms with van der Waals surface area (Å²) in [5.41, 5.74) is 7.53. The molecule has 18 heavy (non-hydrogen) atoms. The number of methoxy groups -OCH3 is 1. The van der Waals surface area contributed by atoms with Gasteiger partial charge in [0.1, 0.15) is 5.75 Å². The van der Waals surface area contributed by atoms with Crippen molar-refractivity contribution in [2.24, 2.45) is 0 Å². The summed E-state index contributed by atoms with van der Waals surface area (Å²) in [6.45, 7) is 6.43. The summed E-state index contributed by atoms with van der Waals surface area (Å²) in [5, 5.41) is 3.37. The Hall–Kier alpha value is -1.42. The second-order valence-corrected chi connectivity index (χ2v) is 4.85. The van der Waals surface area contributed by atoms with E-state index in [2.05, 4.69) is 31.1 Å². The highest BCUT2D eigenvalue weighted by Crippen LogP contribution is 2.21. The van der Waals surface area contributed by atoms with E-state index in [9.17, 15) is 0 Å².